The lowest BCUT2D eigenvalue weighted by Gasteiger charge is -2.39. The summed E-state index contributed by atoms with van der Waals surface area (Å²) in [6, 6.07) is 3.83. The van der Waals surface area contributed by atoms with Crippen LogP contribution in [0.3, 0.4) is 0 Å². The van der Waals surface area contributed by atoms with Crippen LogP contribution in [0.15, 0.2) is 36.8 Å². The van der Waals surface area contributed by atoms with Gasteiger partial charge in [-0.25, -0.2) is 13.8 Å². The number of aromatic nitrogens is 2. The quantitative estimate of drug-likeness (QED) is 0.867. The van der Waals surface area contributed by atoms with Gasteiger partial charge in [0.2, 0.25) is 0 Å². The molecule has 1 saturated heterocycles. The summed E-state index contributed by atoms with van der Waals surface area (Å²) in [5, 5.41) is 0. The van der Waals surface area contributed by atoms with Gasteiger partial charge >= 0.3 is 0 Å². The molecule has 23 heavy (non-hydrogen) atoms. The van der Waals surface area contributed by atoms with Gasteiger partial charge in [-0.15, -0.1) is 0 Å². The van der Waals surface area contributed by atoms with Crippen molar-refractivity contribution in [3.05, 3.63) is 54.0 Å². The first kappa shape index (κ1) is 15.8. The highest BCUT2D eigenvalue weighted by atomic mass is 19.1. The van der Waals surface area contributed by atoms with Crippen molar-refractivity contribution in [3.63, 3.8) is 0 Å². The molecule has 1 aliphatic heterocycles. The second-order valence-corrected chi connectivity index (χ2v) is 5.68. The highest BCUT2D eigenvalue weighted by molar-refractivity contribution is 5.35. The number of piperazine rings is 1. The lowest BCUT2D eigenvalue weighted by molar-refractivity contribution is 0.177. The molecule has 0 saturated carbocycles. The molecule has 0 aliphatic carbocycles. The standard InChI is InChI=1S/C17H20F2N4/c1-2-16(14-4-3-13(18)11-15(14)19)22-7-9-23(10-8-22)17-12-20-5-6-21-17/h3-6,11-12,16H,2,7-10H2,1H3. The number of hydrogen-bond donors (Lipinski definition) is 0. The molecule has 4 nitrogen and oxygen atoms in total. The van der Waals surface area contributed by atoms with E-state index in [0.717, 1.165) is 44.5 Å². The van der Waals surface area contributed by atoms with Crippen LogP contribution in [0.1, 0.15) is 24.9 Å². The van der Waals surface area contributed by atoms with Crippen LogP contribution in [0.5, 0.6) is 0 Å². The van der Waals surface area contributed by atoms with Crippen molar-refractivity contribution in [2.24, 2.45) is 0 Å². The molecule has 0 bridgehead atoms. The van der Waals surface area contributed by atoms with Crippen LogP contribution in [0.25, 0.3) is 0 Å². The molecule has 1 aromatic carbocycles. The Morgan fingerprint density at radius 3 is 2.52 bits per heavy atom. The van der Waals surface area contributed by atoms with E-state index in [1.165, 1.54) is 6.07 Å². The van der Waals surface area contributed by atoms with Crippen LogP contribution < -0.4 is 4.90 Å². The molecule has 3 rings (SSSR count). The molecule has 1 atom stereocenters. The second kappa shape index (κ2) is 7.00. The summed E-state index contributed by atoms with van der Waals surface area (Å²) in [5.74, 6) is -0.130. The van der Waals surface area contributed by atoms with Gasteiger partial charge in [-0.3, -0.25) is 9.88 Å². The predicted molar refractivity (Wildman–Crippen MR) is 85.2 cm³/mol. The van der Waals surface area contributed by atoms with Crippen LogP contribution in [0, 0.1) is 11.6 Å². The maximum Gasteiger partial charge on any atom is 0.147 e. The highest BCUT2D eigenvalue weighted by Crippen LogP contribution is 2.28. The van der Waals surface area contributed by atoms with E-state index in [1.807, 2.05) is 6.92 Å². The fourth-order valence-electron chi connectivity index (χ4n) is 3.16. The van der Waals surface area contributed by atoms with Crippen molar-refractivity contribution in [1.82, 2.24) is 14.9 Å². The average Bonchev–Trinajstić information content (AvgIpc) is 2.59. The van der Waals surface area contributed by atoms with Gasteiger partial charge in [-0.1, -0.05) is 13.0 Å². The molecular weight excluding hydrogens is 298 g/mol. The number of halogens is 2. The Morgan fingerprint density at radius 2 is 1.91 bits per heavy atom. The molecule has 2 aromatic rings. The van der Waals surface area contributed by atoms with Crippen molar-refractivity contribution >= 4 is 5.82 Å². The van der Waals surface area contributed by atoms with Crippen LogP contribution in [-0.2, 0) is 0 Å². The normalized spacial score (nSPS) is 17.3. The van der Waals surface area contributed by atoms with E-state index in [2.05, 4.69) is 19.8 Å². The number of hydrogen-bond acceptors (Lipinski definition) is 4. The summed E-state index contributed by atoms with van der Waals surface area (Å²) in [6.07, 6.45) is 5.88. The molecule has 1 fully saturated rings. The zero-order chi connectivity index (χ0) is 16.2. The van der Waals surface area contributed by atoms with E-state index >= 15 is 0 Å². The van der Waals surface area contributed by atoms with E-state index in [4.69, 9.17) is 0 Å². The Morgan fingerprint density at radius 1 is 1.13 bits per heavy atom. The minimum atomic E-state index is -0.534. The van der Waals surface area contributed by atoms with Crippen LogP contribution >= 0.6 is 0 Å². The summed E-state index contributed by atoms with van der Waals surface area (Å²) in [6.45, 7) is 5.29. The first-order valence-corrected chi connectivity index (χ1v) is 7.89. The molecule has 0 radical (unpaired) electrons. The lowest BCUT2D eigenvalue weighted by atomic mass is 10.0. The molecular formula is C17H20F2N4. The number of nitrogens with zero attached hydrogens (tertiary/aromatic N) is 4. The van der Waals surface area contributed by atoms with E-state index in [0.29, 0.717) is 5.56 Å². The fourth-order valence-corrected chi connectivity index (χ4v) is 3.16. The Labute approximate surface area is 134 Å². The summed E-state index contributed by atoms with van der Waals surface area (Å²) < 4.78 is 27.2. The van der Waals surface area contributed by atoms with Crippen molar-refractivity contribution in [2.45, 2.75) is 19.4 Å². The van der Waals surface area contributed by atoms with Crippen molar-refractivity contribution in [1.29, 1.82) is 0 Å². The van der Waals surface area contributed by atoms with Gasteiger partial charge in [0, 0.05) is 56.2 Å². The van der Waals surface area contributed by atoms with Gasteiger partial charge in [0.05, 0.1) is 6.20 Å². The molecule has 0 spiro atoms. The summed E-state index contributed by atoms with van der Waals surface area (Å²) in [5.41, 5.74) is 0.571. The van der Waals surface area contributed by atoms with Gasteiger partial charge in [0.1, 0.15) is 17.5 Å². The van der Waals surface area contributed by atoms with Crippen molar-refractivity contribution in [2.75, 3.05) is 31.1 Å². The smallest absolute Gasteiger partial charge is 0.147 e. The van der Waals surface area contributed by atoms with E-state index in [9.17, 15) is 8.78 Å². The Kier molecular flexibility index (Phi) is 4.81. The topological polar surface area (TPSA) is 32.3 Å². The highest BCUT2D eigenvalue weighted by Gasteiger charge is 2.26. The second-order valence-electron chi connectivity index (χ2n) is 5.68. The minimum absolute atomic E-state index is 0.0281. The zero-order valence-corrected chi connectivity index (χ0v) is 13.1. The molecule has 1 aliphatic rings. The number of anilines is 1. The SMILES string of the molecule is CCC(c1ccc(F)cc1F)N1CCN(c2cnccn2)CC1. The van der Waals surface area contributed by atoms with Gasteiger partial charge in [-0.05, 0) is 12.5 Å². The Hall–Kier alpha value is -2.08. The molecule has 0 amide bonds. The van der Waals surface area contributed by atoms with Crippen molar-refractivity contribution in [3.8, 4) is 0 Å². The average molecular weight is 318 g/mol. The fraction of sp³-hybridized carbons (Fsp3) is 0.412. The third-order valence-corrected chi connectivity index (χ3v) is 4.34. The Balaban J connectivity index is 1.70. The van der Waals surface area contributed by atoms with Crippen LogP contribution in [0.2, 0.25) is 0 Å². The van der Waals surface area contributed by atoms with Gasteiger partial charge in [0.25, 0.3) is 0 Å². The minimum Gasteiger partial charge on any atom is -0.353 e. The van der Waals surface area contributed by atoms with Gasteiger partial charge in [-0.2, -0.15) is 0 Å². The monoisotopic (exact) mass is 318 g/mol. The maximum atomic E-state index is 14.1. The van der Waals surface area contributed by atoms with E-state index in [1.54, 1.807) is 24.7 Å². The van der Waals surface area contributed by atoms with Gasteiger partial charge < -0.3 is 4.90 Å². The number of rotatable bonds is 4. The van der Waals surface area contributed by atoms with E-state index in [-0.39, 0.29) is 6.04 Å². The van der Waals surface area contributed by atoms with Crippen molar-refractivity contribution < 1.29 is 8.78 Å². The summed E-state index contributed by atoms with van der Waals surface area (Å²) in [7, 11) is 0. The number of benzene rings is 1. The van der Waals surface area contributed by atoms with E-state index < -0.39 is 11.6 Å². The maximum absolute atomic E-state index is 14.1. The van der Waals surface area contributed by atoms with Crippen LogP contribution in [-0.4, -0.2) is 41.0 Å². The molecule has 2 heterocycles. The summed E-state index contributed by atoms with van der Waals surface area (Å²) in [4.78, 5) is 12.8. The van der Waals surface area contributed by atoms with Gasteiger partial charge in [0.15, 0.2) is 0 Å². The molecule has 122 valence electrons. The molecule has 1 unspecified atom stereocenters. The Bertz CT molecular complexity index is 642. The zero-order valence-electron chi connectivity index (χ0n) is 13.1. The molecule has 6 heteroatoms. The molecule has 0 N–H and O–H groups in total. The third kappa shape index (κ3) is 3.47. The lowest BCUT2D eigenvalue weighted by Crippen LogP contribution is -2.48. The molecule has 1 aromatic heterocycles. The summed E-state index contributed by atoms with van der Waals surface area (Å²) >= 11 is 0. The third-order valence-electron chi connectivity index (χ3n) is 4.34. The van der Waals surface area contributed by atoms with Crippen LogP contribution in [0.4, 0.5) is 14.6 Å². The first-order valence-electron chi connectivity index (χ1n) is 7.89. The predicted octanol–water partition coefficient (Wildman–Crippen LogP) is 3.03. The first-order chi connectivity index (χ1) is 11.2. The largest absolute Gasteiger partial charge is 0.353 e.